The number of nitrogens with zero attached hydrogens (tertiary/aromatic N) is 2. The van der Waals surface area contributed by atoms with E-state index in [9.17, 15) is 9.90 Å². The van der Waals surface area contributed by atoms with Crippen LogP contribution >= 0.6 is 11.3 Å². The van der Waals surface area contributed by atoms with Crippen LogP contribution in [0.15, 0.2) is 24.3 Å². The third-order valence-corrected chi connectivity index (χ3v) is 5.60. The molecule has 4 nitrogen and oxygen atoms in total. The molecule has 0 spiro atoms. The molecule has 2 aromatic heterocycles. The van der Waals surface area contributed by atoms with Crippen LogP contribution in [0, 0.1) is 0 Å². The zero-order chi connectivity index (χ0) is 18.1. The Morgan fingerprint density at radius 2 is 1.88 bits per heavy atom. The zero-order valence-electron chi connectivity index (χ0n) is 15.2. The predicted molar refractivity (Wildman–Crippen MR) is 103 cm³/mol. The van der Waals surface area contributed by atoms with E-state index in [2.05, 4.69) is 56.4 Å². The van der Waals surface area contributed by atoms with E-state index in [4.69, 9.17) is 4.98 Å². The molecule has 3 aromatic rings. The van der Waals surface area contributed by atoms with Gasteiger partial charge in [-0.15, -0.1) is 0 Å². The maximum absolute atomic E-state index is 11.6. The maximum atomic E-state index is 11.6. The highest BCUT2D eigenvalue weighted by molar-refractivity contribution is 7.19. The summed E-state index contributed by atoms with van der Waals surface area (Å²) in [6, 6.07) is 8.56. The number of benzene rings is 1. The lowest BCUT2D eigenvalue weighted by molar-refractivity contribution is 0.0700. The molecule has 0 aliphatic heterocycles. The van der Waals surface area contributed by atoms with Crippen LogP contribution in [0.1, 0.15) is 66.7 Å². The van der Waals surface area contributed by atoms with Crippen LogP contribution in [0.3, 0.4) is 0 Å². The first-order valence-electron chi connectivity index (χ1n) is 8.84. The van der Waals surface area contributed by atoms with Crippen molar-refractivity contribution in [3.63, 3.8) is 0 Å². The van der Waals surface area contributed by atoms with Crippen molar-refractivity contribution >= 4 is 22.3 Å². The van der Waals surface area contributed by atoms with Gasteiger partial charge in [0.05, 0.1) is 11.4 Å². The zero-order valence-corrected chi connectivity index (χ0v) is 16.0. The summed E-state index contributed by atoms with van der Waals surface area (Å²) in [6.07, 6.45) is 2.47. The molecule has 25 heavy (non-hydrogen) atoms. The van der Waals surface area contributed by atoms with E-state index in [-0.39, 0.29) is 0 Å². The molecule has 0 radical (unpaired) electrons. The van der Waals surface area contributed by atoms with Gasteiger partial charge in [0.1, 0.15) is 4.88 Å². The SMILES string of the molecule is CCCc1c(C(=O)O)sc2nc(-c3ccc(C(C)C)cc3)c(CC)n12. The van der Waals surface area contributed by atoms with Crippen molar-refractivity contribution in [3.8, 4) is 11.3 Å². The minimum atomic E-state index is -0.858. The fourth-order valence-corrected chi connectivity index (χ4v) is 4.27. The van der Waals surface area contributed by atoms with E-state index in [0.717, 1.165) is 46.9 Å². The van der Waals surface area contributed by atoms with Gasteiger partial charge in [0.2, 0.25) is 0 Å². The van der Waals surface area contributed by atoms with E-state index in [0.29, 0.717) is 10.8 Å². The molecule has 0 saturated carbocycles. The number of hydrogen-bond acceptors (Lipinski definition) is 3. The molecule has 1 aromatic carbocycles. The minimum Gasteiger partial charge on any atom is -0.477 e. The van der Waals surface area contributed by atoms with Gasteiger partial charge in [0.15, 0.2) is 4.96 Å². The number of imidazole rings is 1. The van der Waals surface area contributed by atoms with Gasteiger partial charge in [0, 0.05) is 11.3 Å². The highest BCUT2D eigenvalue weighted by atomic mass is 32.1. The monoisotopic (exact) mass is 356 g/mol. The lowest BCUT2D eigenvalue weighted by Gasteiger charge is -2.08. The first-order chi connectivity index (χ1) is 12.0. The molecule has 1 N–H and O–H groups in total. The van der Waals surface area contributed by atoms with Gasteiger partial charge in [-0.2, -0.15) is 0 Å². The molecule has 0 aliphatic carbocycles. The Morgan fingerprint density at radius 1 is 1.20 bits per heavy atom. The van der Waals surface area contributed by atoms with Crippen molar-refractivity contribution in [2.75, 3.05) is 0 Å². The molecule has 0 saturated heterocycles. The van der Waals surface area contributed by atoms with Gasteiger partial charge < -0.3 is 5.11 Å². The Kier molecular flexibility index (Phi) is 4.95. The molecule has 0 bridgehead atoms. The van der Waals surface area contributed by atoms with Crippen LogP contribution < -0.4 is 0 Å². The number of hydrogen-bond donors (Lipinski definition) is 1. The van der Waals surface area contributed by atoms with Crippen LogP contribution in [0.4, 0.5) is 0 Å². The normalized spacial score (nSPS) is 11.6. The Balaban J connectivity index is 2.18. The molecule has 0 atom stereocenters. The predicted octanol–water partition coefficient (Wildman–Crippen LogP) is 5.40. The van der Waals surface area contributed by atoms with Gasteiger partial charge in [-0.05, 0) is 24.3 Å². The molecule has 3 rings (SSSR count). The standard InChI is InChI=1S/C20H24N2O2S/c1-5-7-16-18(19(23)24)25-20-21-17(15(6-2)22(16)20)14-10-8-13(9-11-14)12(3)4/h8-12H,5-7H2,1-4H3,(H,23,24). The molecule has 2 heterocycles. The second-order valence-electron chi connectivity index (χ2n) is 6.59. The highest BCUT2D eigenvalue weighted by Gasteiger charge is 2.23. The lowest BCUT2D eigenvalue weighted by atomic mass is 10.00. The van der Waals surface area contributed by atoms with Crippen molar-refractivity contribution < 1.29 is 9.90 Å². The average molecular weight is 356 g/mol. The van der Waals surface area contributed by atoms with Crippen LogP contribution in [0.5, 0.6) is 0 Å². The number of carboxylic acids is 1. The van der Waals surface area contributed by atoms with Crippen LogP contribution in [-0.4, -0.2) is 20.5 Å². The van der Waals surface area contributed by atoms with E-state index in [1.165, 1.54) is 16.9 Å². The second-order valence-corrected chi connectivity index (χ2v) is 7.57. The summed E-state index contributed by atoms with van der Waals surface area (Å²) in [6.45, 7) is 8.54. The van der Waals surface area contributed by atoms with Crippen molar-refractivity contribution in [2.24, 2.45) is 0 Å². The quantitative estimate of drug-likeness (QED) is 0.643. The van der Waals surface area contributed by atoms with Crippen molar-refractivity contribution in [1.82, 2.24) is 9.38 Å². The van der Waals surface area contributed by atoms with Crippen molar-refractivity contribution in [1.29, 1.82) is 0 Å². The number of carboxylic acid groups (broad SMARTS) is 1. The molecule has 0 amide bonds. The molecule has 0 unspecified atom stereocenters. The molecule has 132 valence electrons. The average Bonchev–Trinajstić information content (AvgIpc) is 3.12. The number of carbonyl (C=O) groups is 1. The van der Waals surface area contributed by atoms with E-state index in [1.807, 2.05) is 0 Å². The lowest BCUT2D eigenvalue weighted by Crippen LogP contribution is -2.04. The number of thiazole rings is 1. The van der Waals surface area contributed by atoms with Crippen LogP contribution in [0.25, 0.3) is 16.2 Å². The number of rotatable bonds is 6. The fourth-order valence-electron chi connectivity index (χ4n) is 3.24. The van der Waals surface area contributed by atoms with Crippen LogP contribution in [0.2, 0.25) is 0 Å². The largest absolute Gasteiger partial charge is 0.477 e. The third-order valence-electron chi connectivity index (χ3n) is 4.53. The fraction of sp³-hybridized carbons (Fsp3) is 0.400. The van der Waals surface area contributed by atoms with Gasteiger partial charge >= 0.3 is 5.97 Å². The summed E-state index contributed by atoms with van der Waals surface area (Å²) in [5, 5.41) is 9.51. The Labute approximate surface area is 152 Å². The first kappa shape index (κ1) is 17.7. The summed E-state index contributed by atoms with van der Waals surface area (Å²) >= 11 is 1.28. The molecular formula is C20H24N2O2S. The molecule has 5 heteroatoms. The van der Waals surface area contributed by atoms with Crippen molar-refractivity contribution in [3.05, 3.63) is 46.1 Å². The Hall–Kier alpha value is -2.14. The van der Waals surface area contributed by atoms with E-state index >= 15 is 0 Å². The van der Waals surface area contributed by atoms with Crippen LogP contribution in [-0.2, 0) is 12.8 Å². The number of aromatic nitrogens is 2. The summed E-state index contributed by atoms with van der Waals surface area (Å²) in [5.41, 5.74) is 5.35. The number of aromatic carboxylic acids is 1. The summed E-state index contributed by atoms with van der Waals surface area (Å²) in [7, 11) is 0. The first-order valence-corrected chi connectivity index (χ1v) is 9.66. The van der Waals surface area contributed by atoms with Crippen molar-refractivity contribution in [2.45, 2.75) is 52.9 Å². The second kappa shape index (κ2) is 7.00. The Morgan fingerprint density at radius 3 is 2.40 bits per heavy atom. The Bertz CT molecular complexity index is 904. The van der Waals surface area contributed by atoms with E-state index in [1.54, 1.807) is 0 Å². The van der Waals surface area contributed by atoms with Gasteiger partial charge in [-0.25, -0.2) is 9.78 Å². The summed E-state index contributed by atoms with van der Waals surface area (Å²) in [4.78, 5) is 17.6. The summed E-state index contributed by atoms with van der Waals surface area (Å²) < 4.78 is 2.07. The minimum absolute atomic E-state index is 0.417. The molecular weight excluding hydrogens is 332 g/mol. The maximum Gasteiger partial charge on any atom is 0.347 e. The van der Waals surface area contributed by atoms with Gasteiger partial charge in [0.25, 0.3) is 0 Å². The van der Waals surface area contributed by atoms with E-state index < -0.39 is 5.97 Å². The van der Waals surface area contributed by atoms with Gasteiger partial charge in [-0.1, -0.05) is 69.7 Å². The third kappa shape index (κ3) is 3.09. The smallest absolute Gasteiger partial charge is 0.347 e. The van der Waals surface area contributed by atoms with Gasteiger partial charge in [-0.3, -0.25) is 4.40 Å². The highest BCUT2D eigenvalue weighted by Crippen LogP contribution is 2.33. The summed E-state index contributed by atoms with van der Waals surface area (Å²) in [5.74, 6) is -0.358. The molecule has 0 aliphatic rings. The number of aryl methyl sites for hydroxylation is 2. The number of fused-ring (bicyclic) bond motifs is 1. The topological polar surface area (TPSA) is 54.6 Å². The molecule has 0 fully saturated rings.